The van der Waals surface area contributed by atoms with Crippen LogP contribution in [0.15, 0.2) is 39.5 Å². The molecular formula is C14H16BrNO. The molecule has 0 bridgehead atoms. The third-order valence-electron chi connectivity index (χ3n) is 3.38. The van der Waals surface area contributed by atoms with E-state index >= 15 is 0 Å². The summed E-state index contributed by atoms with van der Waals surface area (Å²) < 4.78 is 1.07. The Kier molecular flexibility index (Phi) is 4.11. The highest BCUT2D eigenvalue weighted by Gasteiger charge is 2.26. The van der Waals surface area contributed by atoms with E-state index in [0.29, 0.717) is 5.92 Å². The molecule has 1 fully saturated rings. The second-order valence-electron chi connectivity index (χ2n) is 4.69. The molecule has 0 saturated heterocycles. The van der Waals surface area contributed by atoms with E-state index in [4.69, 9.17) is 0 Å². The normalized spacial score (nSPS) is 27.1. The van der Waals surface area contributed by atoms with Crippen LogP contribution in [0.5, 0.6) is 0 Å². The Labute approximate surface area is 110 Å². The fourth-order valence-electron chi connectivity index (χ4n) is 2.40. The summed E-state index contributed by atoms with van der Waals surface area (Å²) in [4.78, 5) is 10.9. The molecule has 1 saturated carbocycles. The van der Waals surface area contributed by atoms with Gasteiger partial charge in [-0.3, -0.25) is 0 Å². The molecule has 2 nitrogen and oxygen atoms in total. The van der Waals surface area contributed by atoms with Gasteiger partial charge in [-0.2, -0.15) is 4.91 Å². The molecular weight excluding hydrogens is 278 g/mol. The monoisotopic (exact) mass is 293 g/mol. The van der Waals surface area contributed by atoms with Crippen LogP contribution in [0.4, 0.5) is 0 Å². The van der Waals surface area contributed by atoms with E-state index in [1.54, 1.807) is 0 Å². The van der Waals surface area contributed by atoms with Crippen molar-refractivity contribution in [3.05, 3.63) is 44.8 Å². The maximum Gasteiger partial charge on any atom is 0.116 e. The number of hydrogen-bond donors (Lipinski definition) is 0. The van der Waals surface area contributed by atoms with Gasteiger partial charge in [0.05, 0.1) is 0 Å². The first-order valence-electron chi connectivity index (χ1n) is 5.99. The van der Waals surface area contributed by atoms with Gasteiger partial charge in [0, 0.05) is 4.47 Å². The van der Waals surface area contributed by atoms with Crippen LogP contribution >= 0.6 is 15.9 Å². The summed E-state index contributed by atoms with van der Waals surface area (Å²) >= 11 is 3.42. The highest BCUT2D eigenvalue weighted by molar-refractivity contribution is 9.10. The molecule has 1 aliphatic carbocycles. The largest absolute Gasteiger partial charge is 0.150 e. The van der Waals surface area contributed by atoms with Crippen LogP contribution < -0.4 is 0 Å². The van der Waals surface area contributed by atoms with Gasteiger partial charge in [-0.25, -0.2) is 0 Å². The quantitative estimate of drug-likeness (QED) is 0.721. The molecule has 1 aromatic rings. The van der Waals surface area contributed by atoms with Gasteiger partial charge >= 0.3 is 0 Å². The van der Waals surface area contributed by atoms with Crippen LogP contribution in [0.2, 0.25) is 0 Å². The van der Waals surface area contributed by atoms with Crippen molar-refractivity contribution in [1.29, 1.82) is 0 Å². The van der Waals surface area contributed by atoms with Gasteiger partial charge in [0.2, 0.25) is 0 Å². The van der Waals surface area contributed by atoms with Crippen molar-refractivity contribution in [2.45, 2.75) is 32.2 Å². The third kappa shape index (κ3) is 3.03. The van der Waals surface area contributed by atoms with Gasteiger partial charge in [-0.1, -0.05) is 46.2 Å². The third-order valence-corrected chi connectivity index (χ3v) is 3.91. The minimum absolute atomic E-state index is 0.132. The molecule has 0 spiro atoms. The van der Waals surface area contributed by atoms with Crippen LogP contribution in [0.1, 0.15) is 31.7 Å². The number of rotatable bonds is 2. The summed E-state index contributed by atoms with van der Waals surface area (Å²) in [7, 11) is 0. The Morgan fingerprint density at radius 3 is 2.71 bits per heavy atom. The maximum atomic E-state index is 10.9. The van der Waals surface area contributed by atoms with Gasteiger partial charge in [-0.05, 0) is 48.4 Å². The van der Waals surface area contributed by atoms with Crippen molar-refractivity contribution in [3.8, 4) is 0 Å². The number of hydrogen-bond acceptors (Lipinski definition) is 2. The minimum atomic E-state index is -0.132. The van der Waals surface area contributed by atoms with Crippen molar-refractivity contribution in [1.82, 2.24) is 0 Å². The van der Waals surface area contributed by atoms with Crippen molar-refractivity contribution < 1.29 is 0 Å². The summed E-state index contributed by atoms with van der Waals surface area (Å²) in [6, 6.07) is 8.01. The Morgan fingerprint density at radius 1 is 1.35 bits per heavy atom. The van der Waals surface area contributed by atoms with Gasteiger partial charge in [0.1, 0.15) is 6.04 Å². The van der Waals surface area contributed by atoms with Crippen molar-refractivity contribution in [2.75, 3.05) is 0 Å². The van der Waals surface area contributed by atoms with Gasteiger partial charge in [0.25, 0.3) is 0 Å². The van der Waals surface area contributed by atoms with Crippen LogP contribution in [0.3, 0.4) is 0 Å². The molecule has 2 atom stereocenters. The summed E-state index contributed by atoms with van der Waals surface area (Å²) in [5.74, 6) is 0.378. The number of halogens is 1. The Morgan fingerprint density at radius 2 is 2.06 bits per heavy atom. The average Bonchev–Trinajstić information content (AvgIpc) is 2.32. The second-order valence-corrected chi connectivity index (χ2v) is 5.61. The topological polar surface area (TPSA) is 29.4 Å². The predicted octanol–water partition coefficient (Wildman–Crippen LogP) is 4.79. The Bertz CT molecular complexity index is 424. The number of benzene rings is 1. The van der Waals surface area contributed by atoms with E-state index < -0.39 is 0 Å². The summed E-state index contributed by atoms with van der Waals surface area (Å²) in [5, 5.41) is 3.30. The fraction of sp³-hybridized carbons (Fsp3) is 0.429. The number of nitroso groups, excluding NO2 is 1. The van der Waals surface area contributed by atoms with E-state index in [1.807, 2.05) is 12.1 Å². The lowest BCUT2D eigenvalue weighted by molar-refractivity contribution is 0.402. The van der Waals surface area contributed by atoms with E-state index in [1.165, 1.54) is 5.57 Å². The lowest BCUT2D eigenvalue weighted by Crippen LogP contribution is -2.22. The first-order chi connectivity index (χ1) is 8.20. The first kappa shape index (κ1) is 12.5. The highest BCUT2D eigenvalue weighted by Crippen LogP contribution is 2.32. The lowest BCUT2D eigenvalue weighted by atomic mass is 9.82. The zero-order chi connectivity index (χ0) is 12.3. The second kappa shape index (κ2) is 5.58. The highest BCUT2D eigenvalue weighted by atomic mass is 79.9. The maximum absolute atomic E-state index is 10.9. The Hall–Kier alpha value is -0.960. The fourth-order valence-corrected chi connectivity index (χ4v) is 2.67. The molecule has 0 N–H and O–H groups in total. The summed E-state index contributed by atoms with van der Waals surface area (Å²) in [6.45, 7) is 2.11. The molecule has 1 aliphatic rings. The van der Waals surface area contributed by atoms with Gasteiger partial charge < -0.3 is 0 Å². The molecule has 2 rings (SSSR count). The molecule has 90 valence electrons. The van der Waals surface area contributed by atoms with E-state index in [0.717, 1.165) is 29.3 Å². The molecule has 0 aromatic heterocycles. The molecule has 0 aliphatic heterocycles. The van der Waals surface area contributed by atoms with Crippen LogP contribution in [0.25, 0.3) is 6.08 Å². The van der Waals surface area contributed by atoms with Gasteiger partial charge in [-0.15, -0.1) is 0 Å². The first-order valence-corrected chi connectivity index (χ1v) is 6.78. The molecule has 0 radical (unpaired) electrons. The van der Waals surface area contributed by atoms with Crippen molar-refractivity contribution in [2.24, 2.45) is 11.1 Å². The predicted molar refractivity (Wildman–Crippen MR) is 74.7 cm³/mol. The van der Waals surface area contributed by atoms with E-state index in [9.17, 15) is 4.91 Å². The molecule has 2 unspecified atom stereocenters. The van der Waals surface area contributed by atoms with E-state index in [2.05, 4.69) is 46.2 Å². The van der Waals surface area contributed by atoms with E-state index in [-0.39, 0.29) is 6.04 Å². The average molecular weight is 294 g/mol. The molecule has 17 heavy (non-hydrogen) atoms. The molecule has 0 amide bonds. The zero-order valence-electron chi connectivity index (χ0n) is 9.90. The molecule has 0 heterocycles. The standard InChI is InChI=1S/C14H16BrNO/c1-10-3-2-4-12(14(10)16-17)9-11-5-7-13(15)8-6-11/h5-10,14H,2-4H2,1H3. The lowest BCUT2D eigenvalue weighted by Gasteiger charge is -2.26. The van der Waals surface area contributed by atoms with Gasteiger partial charge in [0.15, 0.2) is 0 Å². The minimum Gasteiger partial charge on any atom is -0.150 e. The van der Waals surface area contributed by atoms with Crippen LogP contribution in [-0.4, -0.2) is 6.04 Å². The summed E-state index contributed by atoms with van der Waals surface area (Å²) in [5.41, 5.74) is 2.33. The number of nitrogens with zero attached hydrogens (tertiary/aromatic N) is 1. The molecule has 3 heteroatoms. The smallest absolute Gasteiger partial charge is 0.116 e. The van der Waals surface area contributed by atoms with Crippen molar-refractivity contribution in [3.63, 3.8) is 0 Å². The Balaban J connectivity index is 2.24. The summed E-state index contributed by atoms with van der Waals surface area (Å²) in [6.07, 6.45) is 5.38. The van der Waals surface area contributed by atoms with Crippen molar-refractivity contribution >= 4 is 22.0 Å². The zero-order valence-corrected chi connectivity index (χ0v) is 11.5. The van der Waals surface area contributed by atoms with Crippen LogP contribution in [-0.2, 0) is 0 Å². The molecule has 1 aromatic carbocycles. The van der Waals surface area contributed by atoms with Crippen LogP contribution in [0, 0.1) is 10.8 Å². The SMILES string of the molecule is CC1CCCC(=Cc2ccc(Br)cc2)C1N=O.